The van der Waals surface area contributed by atoms with E-state index in [4.69, 9.17) is 5.73 Å². The summed E-state index contributed by atoms with van der Waals surface area (Å²) in [7, 11) is -3.39. The van der Waals surface area contributed by atoms with Crippen molar-refractivity contribution in [2.75, 3.05) is 5.73 Å². The molecule has 0 aliphatic carbocycles. The van der Waals surface area contributed by atoms with Gasteiger partial charge in [-0.1, -0.05) is 12.1 Å². The standard InChI is InChI=1S/C12H16N4O2S/c1-9-11(6-14-16-9)7-15-19(17,18)8-10-3-2-4-12(13)5-10/h2-6,15H,7-8,13H2,1H3,(H,14,16). The number of nitrogens with one attached hydrogen (secondary N) is 2. The predicted molar refractivity (Wildman–Crippen MR) is 73.6 cm³/mol. The highest BCUT2D eigenvalue weighted by Crippen LogP contribution is 2.10. The van der Waals surface area contributed by atoms with Crippen molar-refractivity contribution in [3.63, 3.8) is 0 Å². The van der Waals surface area contributed by atoms with Gasteiger partial charge < -0.3 is 5.73 Å². The lowest BCUT2D eigenvalue weighted by Gasteiger charge is -2.07. The fraction of sp³-hybridized carbons (Fsp3) is 0.250. The lowest BCUT2D eigenvalue weighted by molar-refractivity contribution is 0.580. The molecule has 0 atom stereocenters. The van der Waals surface area contributed by atoms with Crippen LogP contribution in [0.25, 0.3) is 0 Å². The van der Waals surface area contributed by atoms with E-state index in [1.807, 2.05) is 6.92 Å². The third kappa shape index (κ3) is 3.80. The Balaban J connectivity index is 2.01. The number of anilines is 1. The molecule has 7 heteroatoms. The summed E-state index contributed by atoms with van der Waals surface area (Å²) in [5.74, 6) is -0.0884. The number of aryl methyl sites for hydroxylation is 1. The Kier molecular flexibility index (Phi) is 3.87. The molecule has 6 nitrogen and oxygen atoms in total. The van der Waals surface area contributed by atoms with Gasteiger partial charge in [0.2, 0.25) is 10.0 Å². The lowest BCUT2D eigenvalue weighted by Crippen LogP contribution is -2.24. The van der Waals surface area contributed by atoms with Gasteiger partial charge in [-0.15, -0.1) is 0 Å². The minimum Gasteiger partial charge on any atom is -0.399 e. The first-order chi connectivity index (χ1) is 8.96. The van der Waals surface area contributed by atoms with E-state index in [0.29, 0.717) is 11.3 Å². The fourth-order valence-electron chi connectivity index (χ4n) is 1.69. The lowest BCUT2D eigenvalue weighted by atomic mass is 10.2. The Morgan fingerprint density at radius 2 is 2.21 bits per heavy atom. The number of nitrogens with two attached hydrogens (primary N) is 1. The van der Waals surface area contributed by atoms with E-state index in [1.165, 1.54) is 0 Å². The molecule has 4 N–H and O–H groups in total. The van der Waals surface area contributed by atoms with Crippen LogP contribution in [0.4, 0.5) is 5.69 Å². The zero-order chi connectivity index (χ0) is 13.9. The number of hydrogen-bond donors (Lipinski definition) is 3. The topological polar surface area (TPSA) is 101 Å². The first kappa shape index (κ1) is 13.6. The zero-order valence-corrected chi connectivity index (χ0v) is 11.4. The summed E-state index contributed by atoms with van der Waals surface area (Å²) in [5.41, 5.74) is 8.52. The van der Waals surface area contributed by atoms with Crippen LogP contribution < -0.4 is 10.5 Å². The second-order valence-corrected chi connectivity index (χ2v) is 6.15. The third-order valence-corrected chi connectivity index (χ3v) is 4.02. The number of H-pyrrole nitrogens is 1. The number of rotatable bonds is 5. The second kappa shape index (κ2) is 5.41. The summed E-state index contributed by atoms with van der Waals surface area (Å²) < 4.78 is 26.4. The highest BCUT2D eigenvalue weighted by Gasteiger charge is 2.12. The molecule has 0 radical (unpaired) electrons. The normalized spacial score (nSPS) is 11.6. The van der Waals surface area contributed by atoms with Crippen LogP contribution in [0.1, 0.15) is 16.8 Å². The minimum absolute atomic E-state index is 0.0884. The van der Waals surface area contributed by atoms with E-state index in [0.717, 1.165) is 11.3 Å². The van der Waals surface area contributed by atoms with Gasteiger partial charge in [-0.05, 0) is 24.6 Å². The monoisotopic (exact) mass is 280 g/mol. The van der Waals surface area contributed by atoms with Crippen LogP contribution in [0, 0.1) is 6.92 Å². The van der Waals surface area contributed by atoms with E-state index >= 15 is 0 Å². The van der Waals surface area contributed by atoms with E-state index in [-0.39, 0.29) is 12.3 Å². The highest BCUT2D eigenvalue weighted by atomic mass is 32.2. The van der Waals surface area contributed by atoms with Crippen LogP contribution >= 0.6 is 0 Å². The average molecular weight is 280 g/mol. The average Bonchev–Trinajstić information content (AvgIpc) is 2.72. The molecular weight excluding hydrogens is 264 g/mol. The zero-order valence-electron chi connectivity index (χ0n) is 10.6. The molecule has 1 heterocycles. The van der Waals surface area contributed by atoms with Gasteiger partial charge in [0.05, 0.1) is 11.9 Å². The molecule has 1 aromatic carbocycles. The molecule has 0 aliphatic heterocycles. The van der Waals surface area contributed by atoms with Gasteiger partial charge in [-0.25, -0.2) is 13.1 Å². The Morgan fingerprint density at radius 1 is 1.42 bits per heavy atom. The number of aromatic amines is 1. The van der Waals surface area contributed by atoms with Crippen molar-refractivity contribution in [3.05, 3.63) is 47.3 Å². The molecule has 19 heavy (non-hydrogen) atoms. The van der Waals surface area contributed by atoms with E-state index in [9.17, 15) is 8.42 Å². The van der Waals surface area contributed by atoms with Gasteiger partial charge in [-0.3, -0.25) is 5.10 Å². The predicted octanol–water partition coefficient (Wildman–Crippen LogP) is 0.920. The van der Waals surface area contributed by atoms with Gasteiger partial charge in [0.15, 0.2) is 0 Å². The molecule has 2 rings (SSSR count). The quantitative estimate of drug-likeness (QED) is 0.709. The summed E-state index contributed by atoms with van der Waals surface area (Å²) in [6.45, 7) is 2.07. The van der Waals surface area contributed by atoms with Crippen LogP contribution in [0.3, 0.4) is 0 Å². The maximum Gasteiger partial charge on any atom is 0.216 e. The molecule has 0 unspecified atom stereocenters. The van der Waals surface area contributed by atoms with Gasteiger partial charge >= 0.3 is 0 Å². The van der Waals surface area contributed by atoms with Gasteiger partial charge in [-0.2, -0.15) is 5.10 Å². The number of benzene rings is 1. The molecule has 0 spiro atoms. The van der Waals surface area contributed by atoms with Crippen LogP contribution in [0.15, 0.2) is 30.5 Å². The van der Waals surface area contributed by atoms with Crippen molar-refractivity contribution in [1.29, 1.82) is 0 Å². The van der Waals surface area contributed by atoms with Crippen LogP contribution in [-0.2, 0) is 22.3 Å². The minimum atomic E-state index is -3.39. The van der Waals surface area contributed by atoms with Crippen molar-refractivity contribution in [3.8, 4) is 0 Å². The Hall–Kier alpha value is -1.86. The number of nitrogens with zero attached hydrogens (tertiary/aromatic N) is 1. The van der Waals surface area contributed by atoms with Crippen LogP contribution in [0.5, 0.6) is 0 Å². The van der Waals surface area contributed by atoms with Crippen molar-refractivity contribution in [1.82, 2.24) is 14.9 Å². The molecular formula is C12H16N4O2S. The number of sulfonamides is 1. The van der Waals surface area contributed by atoms with Crippen molar-refractivity contribution in [2.45, 2.75) is 19.2 Å². The summed E-state index contributed by atoms with van der Waals surface area (Å²) >= 11 is 0. The smallest absolute Gasteiger partial charge is 0.216 e. The van der Waals surface area contributed by atoms with Gasteiger partial charge in [0.1, 0.15) is 0 Å². The van der Waals surface area contributed by atoms with Crippen LogP contribution in [0.2, 0.25) is 0 Å². The molecule has 0 fully saturated rings. The first-order valence-electron chi connectivity index (χ1n) is 5.77. The van der Waals surface area contributed by atoms with E-state index < -0.39 is 10.0 Å². The van der Waals surface area contributed by atoms with E-state index in [2.05, 4.69) is 14.9 Å². The summed E-state index contributed by atoms with van der Waals surface area (Å²) in [6.07, 6.45) is 1.61. The van der Waals surface area contributed by atoms with Crippen molar-refractivity contribution in [2.24, 2.45) is 0 Å². The Morgan fingerprint density at radius 3 is 2.84 bits per heavy atom. The van der Waals surface area contributed by atoms with Gasteiger partial charge in [0.25, 0.3) is 0 Å². The SMILES string of the molecule is Cc1[nH]ncc1CNS(=O)(=O)Cc1cccc(N)c1. The summed E-state index contributed by atoms with van der Waals surface area (Å²) in [4.78, 5) is 0. The maximum absolute atomic E-state index is 11.9. The molecule has 0 bridgehead atoms. The molecule has 2 aromatic rings. The fourth-order valence-corrected chi connectivity index (χ4v) is 2.79. The molecule has 0 saturated carbocycles. The third-order valence-electron chi connectivity index (χ3n) is 2.72. The Labute approximate surface area is 112 Å². The highest BCUT2D eigenvalue weighted by molar-refractivity contribution is 7.88. The molecule has 0 aliphatic rings. The summed E-state index contributed by atoms with van der Waals surface area (Å²) in [6, 6.07) is 6.85. The Bertz CT molecular complexity index is 664. The van der Waals surface area contributed by atoms with E-state index in [1.54, 1.807) is 30.5 Å². The molecule has 102 valence electrons. The number of nitrogen functional groups attached to an aromatic ring is 1. The van der Waals surface area contributed by atoms with Crippen LogP contribution in [-0.4, -0.2) is 18.6 Å². The molecule has 0 amide bonds. The van der Waals surface area contributed by atoms with Crippen molar-refractivity contribution < 1.29 is 8.42 Å². The second-order valence-electron chi connectivity index (χ2n) is 4.35. The molecule has 0 saturated heterocycles. The van der Waals surface area contributed by atoms with Gasteiger partial charge in [0, 0.05) is 23.5 Å². The first-order valence-corrected chi connectivity index (χ1v) is 7.42. The maximum atomic E-state index is 11.9. The van der Waals surface area contributed by atoms with Crippen molar-refractivity contribution >= 4 is 15.7 Å². The summed E-state index contributed by atoms with van der Waals surface area (Å²) in [5, 5.41) is 6.60. The number of aromatic nitrogens is 2. The molecule has 1 aromatic heterocycles. The largest absolute Gasteiger partial charge is 0.399 e. The number of hydrogen-bond acceptors (Lipinski definition) is 4.